The molecule has 0 bridgehead atoms. The number of hydrogen-bond donors (Lipinski definition) is 2. The minimum atomic E-state index is -1.04. The van der Waals surface area contributed by atoms with Crippen LogP contribution in [0.3, 0.4) is 0 Å². The van der Waals surface area contributed by atoms with Crippen LogP contribution >= 0.6 is 0 Å². The average Bonchev–Trinajstić information content (AvgIpc) is 2.99. The Morgan fingerprint density at radius 3 is 2.22 bits per heavy atom. The normalized spacial score (nSPS) is 40.5. The molecule has 0 aromatic rings. The van der Waals surface area contributed by atoms with Gasteiger partial charge in [-0.2, -0.15) is 0 Å². The number of allylic oxidation sites excluding steroid dienone is 1. The standard InChI is InChI=1S/C30H42O7/c1-15(10-17(31)11-16(2)26(36)37)18-12-23(35)30(7)25-19(32)13-21-27(3,4)22(34)8-9-28(21,5)24(25)20(33)14-29(18,30)6/h15-16,18-19,21,32H,8-14H2,1-7H3,(H,36,37)/t15-,16?,18-,19+,21+,28+,29-,30+/m0/s1. The van der Waals surface area contributed by atoms with Gasteiger partial charge in [0.25, 0.3) is 0 Å². The predicted octanol–water partition coefficient (Wildman–Crippen LogP) is 4.34. The molecule has 0 saturated heterocycles. The van der Waals surface area contributed by atoms with Gasteiger partial charge in [-0.15, -0.1) is 0 Å². The van der Waals surface area contributed by atoms with Crippen molar-refractivity contribution in [1.29, 1.82) is 0 Å². The number of Topliss-reactive ketones (excluding diaryl/α,β-unsaturated/α-hetero) is 4. The summed E-state index contributed by atoms with van der Waals surface area (Å²) in [5.41, 5.74) is -1.92. The fourth-order valence-electron chi connectivity index (χ4n) is 8.93. The van der Waals surface area contributed by atoms with E-state index in [0.717, 1.165) is 0 Å². The van der Waals surface area contributed by atoms with Crippen molar-refractivity contribution in [3.8, 4) is 0 Å². The van der Waals surface area contributed by atoms with Gasteiger partial charge in [-0.3, -0.25) is 24.0 Å². The quantitative estimate of drug-likeness (QED) is 0.540. The Kier molecular flexibility index (Phi) is 6.54. The molecule has 2 N–H and O–H groups in total. The lowest BCUT2D eigenvalue weighted by Gasteiger charge is -2.60. The fourth-order valence-corrected chi connectivity index (χ4v) is 8.93. The minimum Gasteiger partial charge on any atom is -0.481 e. The molecule has 37 heavy (non-hydrogen) atoms. The van der Waals surface area contributed by atoms with E-state index >= 15 is 0 Å². The van der Waals surface area contributed by atoms with Crippen LogP contribution in [0.25, 0.3) is 0 Å². The fraction of sp³-hybridized carbons (Fsp3) is 0.767. The van der Waals surface area contributed by atoms with Crippen LogP contribution in [0.5, 0.6) is 0 Å². The first-order valence-electron chi connectivity index (χ1n) is 13.7. The van der Waals surface area contributed by atoms with E-state index in [0.29, 0.717) is 30.4 Å². The van der Waals surface area contributed by atoms with Gasteiger partial charge < -0.3 is 10.2 Å². The Morgan fingerprint density at radius 2 is 1.62 bits per heavy atom. The highest BCUT2D eigenvalue weighted by molar-refractivity contribution is 6.05. The number of hydrogen-bond acceptors (Lipinski definition) is 6. The lowest BCUT2D eigenvalue weighted by atomic mass is 9.42. The SMILES string of the molecule is CC(CC(=O)C[C@H](C)[C@@H]1CC(=O)[C@]2(C)C3=C(C(=O)C[C@@]12C)[C@]1(C)CCC(=O)C(C)(C)[C@H]1C[C@H]3O)C(=O)O. The monoisotopic (exact) mass is 514 g/mol. The van der Waals surface area contributed by atoms with Crippen molar-refractivity contribution in [2.45, 2.75) is 99.5 Å². The van der Waals surface area contributed by atoms with Gasteiger partial charge in [0.15, 0.2) is 5.78 Å². The zero-order chi connectivity index (χ0) is 27.9. The van der Waals surface area contributed by atoms with E-state index < -0.39 is 39.7 Å². The highest BCUT2D eigenvalue weighted by Gasteiger charge is 2.70. The summed E-state index contributed by atoms with van der Waals surface area (Å²) in [6.07, 6.45) is 0.736. The van der Waals surface area contributed by atoms with Crippen LogP contribution in [-0.2, 0) is 24.0 Å². The minimum absolute atomic E-state index is 0.00884. The van der Waals surface area contributed by atoms with E-state index in [1.54, 1.807) is 0 Å². The van der Waals surface area contributed by atoms with Crippen molar-refractivity contribution in [2.24, 2.45) is 45.3 Å². The molecule has 0 aromatic carbocycles. The van der Waals surface area contributed by atoms with Crippen molar-refractivity contribution in [1.82, 2.24) is 0 Å². The van der Waals surface area contributed by atoms with E-state index in [-0.39, 0.29) is 66.6 Å². The second-order valence-corrected chi connectivity index (χ2v) is 13.7. The Labute approximate surface area is 219 Å². The third kappa shape index (κ3) is 3.74. The smallest absolute Gasteiger partial charge is 0.306 e. The number of rotatable bonds is 6. The highest BCUT2D eigenvalue weighted by Crippen LogP contribution is 2.70. The topological polar surface area (TPSA) is 126 Å². The molecule has 7 nitrogen and oxygen atoms in total. The molecule has 0 aliphatic heterocycles. The van der Waals surface area contributed by atoms with Gasteiger partial charge in [-0.25, -0.2) is 0 Å². The third-order valence-electron chi connectivity index (χ3n) is 11.3. The summed E-state index contributed by atoms with van der Waals surface area (Å²) < 4.78 is 0. The van der Waals surface area contributed by atoms with Gasteiger partial charge in [0.2, 0.25) is 0 Å². The average molecular weight is 515 g/mol. The maximum absolute atomic E-state index is 14.0. The number of carboxylic acid groups (broad SMARTS) is 1. The van der Waals surface area contributed by atoms with Gasteiger partial charge in [0, 0.05) is 48.5 Å². The molecule has 0 heterocycles. The van der Waals surface area contributed by atoms with Crippen molar-refractivity contribution in [2.75, 3.05) is 0 Å². The number of fused-ring (bicyclic) bond motifs is 4. The van der Waals surface area contributed by atoms with E-state index in [2.05, 4.69) is 0 Å². The second-order valence-electron chi connectivity index (χ2n) is 13.7. The van der Waals surface area contributed by atoms with Crippen molar-refractivity contribution < 1.29 is 34.2 Å². The largest absolute Gasteiger partial charge is 0.481 e. The van der Waals surface area contributed by atoms with Gasteiger partial charge in [0.05, 0.1) is 17.4 Å². The number of aliphatic carboxylic acids is 1. The van der Waals surface area contributed by atoms with E-state index in [1.807, 2.05) is 41.5 Å². The molecule has 2 fully saturated rings. The van der Waals surface area contributed by atoms with Crippen LogP contribution in [0.4, 0.5) is 0 Å². The maximum atomic E-state index is 14.0. The first-order valence-corrected chi connectivity index (χ1v) is 13.7. The summed E-state index contributed by atoms with van der Waals surface area (Å²) in [6.45, 7) is 13.1. The molecule has 204 valence electrons. The molecular weight excluding hydrogens is 472 g/mol. The Morgan fingerprint density at radius 1 is 1.00 bits per heavy atom. The molecule has 0 spiro atoms. The molecule has 4 rings (SSSR count). The van der Waals surface area contributed by atoms with Crippen LogP contribution in [0.1, 0.15) is 93.4 Å². The number of carbonyl (C=O) groups excluding carboxylic acids is 4. The van der Waals surface area contributed by atoms with Gasteiger partial charge >= 0.3 is 5.97 Å². The summed E-state index contributed by atoms with van der Waals surface area (Å²) in [7, 11) is 0. The maximum Gasteiger partial charge on any atom is 0.306 e. The molecule has 0 aromatic heterocycles. The first kappa shape index (κ1) is 27.9. The lowest BCUT2D eigenvalue weighted by Crippen LogP contribution is -2.60. The van der Waals surface area contributed by atoms with Crippen LogP contribution < -0.4 is 0 Å². The molecular formula is C30H42O7. The molecule has 0 amide bonds. The number of aliphatic hydroxyl groups excluding tert-OH is 1. The zero-order valence-corrected chi connectivity index (χ0v) is 23.3. The number of carboxylic acids is 1. The molecule has 2 saturated carbocycles. The highest BCUT2D eigenvalue weighted by atomic mass is 16.4. The third-order valence-corrected chi connectivity index (χ3v) is 11.3. The van der Waals surface area contributed by atoms with Crippen LogP contribution in [0.2, 0.25) is 0 Å². The molecule has 7 heteroatoms. The van der Waals surface area contributed by atoms with E-state index in [4.69, 9.17) is 0 Å². The Hall–Kier alpha value is -2.15. The summed E-state index contributed by atoms with van der Waals surface area (Å²) >= 11 is 0. The first-order chi connectivity index (χ1) is 16.9. The van der Waals surface area contributed by atoms with Crippen LogP contribution in [0.15, 0.2) is 11.1 Å². The summed E-state index contributed by atoms with van der Waals surface area (Å²) in [5.74, 6) is -2.49. The Balaban J connectivity index is 1.75. The van der Waals surface area contributed by atoms with Gasteiger partial charge in [0.1, 0.15) is 17.3 Å². The second kappa shape index (κ2) is 8.69. The van der Waals surface area contributed by atoms with Crippen molar-refractivity contribution >= 4 is 29.1 Å². The lowest BCUT2D eigenvalue weighted by molar-refractivity contribution is -0.147. The van der Waals surface area contributed by atoms with E-state index in [1.165, 1.54) is 6.92 Å². The van der Waals surface area contributed by atoms with Gasteiger partial charge in [-0.1, -0.05) is 41.5 Å². The van der Waals surface area contributed by atoms with Gasteiger partial charge in [-0.05, 0) is 48.5 Å². The predicted molar refractivity (Wildman–Crippen MR) is 136 cm³/mol. The van der Waals surface area contributed by atoms with Crippen LogP contribution in [-0.4, -0.2) is 45.4 Å². The summed E-state index contributed by atoms with van der Waals surface area (Å²) in [5, 5.41) is 20.7. The van der Waals surface area contributed by atoms with Crippen molar-refractivity contribution in [3.63, 3.8) is 0 Å². The summed E-state index contributed by atoms with van der Waals surface area (Å²) in [6, 6.07) is 0. The Bertz CT molecular complexity index is 1110. The summed E-state index contributed by atoms with van der Waals surface area (Å²) in [4.78, 5) is 64.6. The van der Waals surface area contributed by atoms with Crippen molar-refractivity contribution in [3.05, 3.63) is 11.1 Å². The number of ketones is 4. The van der Waals surface area contributed by atoms with E-state index in [9.17, 15) is 34.2 Å². The molecule has 4 aliphatic carbocycles. The molecule has 0 radical (unpaired) electrons. The van der Waals surface area contributed by atoms with Crippen LogP contribution in [0, 0.1) is 45.3 Å². The zero-order valence-electron chi connectivity index (χ0n) is 23.3. The molecule has 8 atom stereocenters. The molecule has 4 aliphatic rings. The number of carbonyl (C=O) groups is 5. The number of aliphatic hydroxyl groups is 1. The molecule has 1 unspecified atom stereocenters.